The van der Waals surface area contributed by atoms with Crippen LogP contribution < -0.4 is 0 Å². The molecule has 18 heavy (non-hydrogen) atoms. The molecule has 0 saturated carbocycles. The Labute approximate surface area is 112 Å². The summed E-state index contributed by atoms with van der Waals surface area (Å²) < 4.78 is 2.32. The van der Waals surface area contributed by atoms with Gasteiger partial charge in [-0.2, -0.15) is 11.8 Å². The summed E-state index contributed by atoms with van der Waals surface area (Å²) in [4.78, 5) is 9.28. The van der Waals surface area contributed by atoms with Gasteiger partial charge < -0.3 is 4.57 Å². The number of thioether (sulfide) groups is 1. The summed E-state index contributed by atoms with van der Waals surface area (Å²) in [6, 6.07) is 4.04. The van der Waals surface area contributed by atoms with Crippen molar-refractivity contribution in [3.05, 3.63) is 24.2 Å². The van der Waals surface area contributed by atoms with Gasteiger partial charge in [0.15, 0.2) is 5.65 Å². The summed E-state index contributed by atoms with van der Waals surface area (Å²) in [6.45, 7) is 3.24. The van der Waals surface area contributed by atoms with E-state index in [0.29, 0.717) is 0 Å². The number of fused-ring (bicyclic) bond motifs is 1. The molecule has 2 aromatic heterocycles. The van der Waals surface area contributed by atoms with Crippen molar-refractivity contribution in [2.45, 2.75) is 32.7 Å². The first-order valence-electron chi connectivity index (χ1n) is 6.76. The molecule has 0 radical (unpaired) electrons. The van der Waals surface area contributed by atoms with E-state index in [1.165, 1.54) is 23.8 Å². The average Bonchev–Trinajstić information content (AvgIpc) is 3.00. The molecule has 0 bridgehead atoms. The van der Waals surface area contributed by atoms with Crippen molar-refractivity contribution in [1.29, 1.82) is 0 Å². The minimum absolute atomic E-state index is 0.808. The van der Waals surface area contributed by atoms with Crippen LogP contribution in [0.25, 0.3) is 11.2 Å². The van der Waals surface area contributed by atoms with Crippen LogP contribution >= 0.6 is 11.8 Å². The van der Waals surface area contributed by atoms with Gasteiger partial charge in [0.2, 0.25) is 0 Å². The monoisotopic (exact) mass is 261 g/mol. The molecular weight excluding hydrogens is 242 g/mol. The van der Waals surface area contributed by atoms with E-state index in [4.69, 9.17) is 4.98 Å². The number of nitrogens with zero attached hydrogens (tertiary/aromatic N) is 3. The molecular formula is C14H19N3S. The van der Waals surface area contributed by atoms with Crippen LogP contribution in [0, 0.1) is 5.92 Å². The van der Waals surface area contributed by atoms with Crippen LogP contribution in [-0.2, 0) is 13.0 Å². The molecule has 96 valence electrons. The minimum Gasteiger partial charge on any atom is -0.313 e. The van der Waals surface area contributed by atoms with Gasteiger partial charge >= 0.3 is 0 Å². The third-order valence-corrected chi connectivity index (χ3v) is 4.76. The molecule has 1 aliphatic heterocycles. The van der Waals surface area contributed by atoms with E-state index < -0.39 is 0 Å². The zero-order chi connectivity index (χ0) is 12.4. The van der Waals surface area contributed by atoms with Crippen molar-refractivity contribution in [2.24, 2.45) is 5.92 Å². The van der Waals surface area contributed by atoms with E-state index in [9.17, 15) is 0 Å². The highest BCUT2D eigenvalue weighted by atomic mass is 32.2. The van der Waals surface area contributed by atoms with Crippen LogP contribution in [0.3, 0.4) is 0 Å². The third-order valence-electron chi connectivity index (χ3n) is 3.53. The second kappa shape index (κ2) is 5.31. The number of aromatic nitrogens is 3. The number of hydrogen-bond donors (Lipinski definition) is 0. The van der Waals surface area contributed by atoms with Crippen LogP contribution in [0.1, 0.15) is 25.6 Å². The van der Waals surface area contributed by atoms with Crippen LogP contribution in [0.5, 0.6) is 0 Å². The summed E-state index contributed by atoms with van der Waals surface area (Å²) in [7, 11) is 0. The van der Waals surface area contributed by atoms with Crippen molar-refractivity contribution in [3.8, 4) is 0 Å². The van der Waals surface area contributed by atoms with Gasteiger partial charge in [-0.25, -0.2) is 9.97 Å². The Kier molecular flexibility index (Phi) is 3.55. The Balaban J connectivity index is 1.95. The van der Waals surface area contributed by atoms with E-state index in [0.717, 1.165) is 36.5 Å². The molecule has 1 saturated heterocycles. The molecule has 0 aromatic carbocycles. The molecule has 0 amide bonds. The van der Waals surface area contributed by atoms with E-state index in [1.54, 1.807) is 0 Å². The topological polar surface area (TPSA) is 30.7 Å². The Morgan fingerprint density at radius 3 is 3.22 bits per heavy atom. The largest absolute Gasteiger partial charge is 0.313 e. The highest BCUT2D eigenvalue weighted by molar-refractivity contribution is 7.99. The molecule has 1 fully saturated rings. The lowest BCUT2D eigenvalue weighted by molar-refractivity contribution is 0.544. The summed E-state index contributed by atoms with van der Waals surface area (Å²) >= 11 is 2.07. The first-order valence-corrected chi connectivity index (χ1v) is 7.92. The maximum Gasteiger partial charge on any atom is 0.159 e. The van der Waals surface area contributed by atoms with Gasteiger partial charge in [-0.1, -0.05) is 6.92 Å². The lowest BCUT2D eigenvalue weighted by atomic mass is 10.1. The molecule has 0 N–H and O–H groups in total. The van der Waals surface area contributed by atoms with Crippen LogP contribution in [0.4, 0.5) is 0 Å². The minimum atomic E-state index is 0.808. The second-order valence-corrected chi connectivity index (χ2v) is 6.11. The zero-order valence-corrected chi connectivity index (χ0v) is 11.6. The molecule has 0 aliphatic carbocycles. The van der Waals surface area contributed by atoms with Gasteiger partial charge in [0.05, 0.1) is 0 Å². The smallest absolute Gasteiger partial charge is 0.159 e. The fraction of sp³-hybridized carbons (Fsp3) is 0.571. The molecule has 1 aliphatic rings. The lowest BCUT2D eigenvalue weighted by Crippen LogP contribution is -2.10. The van der Waals surface area contributed by atoms with E-state index >= 15 is 0 Å². The van der Waals surface area contributed by atoms with Gasteiger partial charge in [0, 0.05) is 19.2 Å². The van der Waals surface area contributed by atoms with Crippen molar-refractivity contribution < 1.29 is 0 Å². The first kappa shape index (κ1) is 12.0. The van der Waals surface area contributed by atoms with Crippen LogP contribution in [0.15, 0.2) is 18.3 Å². The van der Waals surface area contributed by atoms with Crippen molar-refractivity contribution in [1.82, 2.24) is 14.5 Å². The van der Waals surface area contributed by atoms with E-state index in [-0.39, 0.29) is 0 Å². The summed E-state index contributed by atoms with van der Waals surface area (Å²) in [6.07, 6.45) is 5.45. The summed E-state index contributed by atoms with van der Waals surface area (Å²) in [5, 5.41) is 0. The maximum absolute atomic E-state index is 4.79. The van der Waals surface area contributed by atoms with Crippen molar-refractivity contribution in [3.63, 3.8) is 0 Å². The number of imidazole rings is 1. The molecule has 3 heterocycles. The molecule has 0 spiro atoms. The molecule has 3 rings (SSSR count). The predicted octanol–water partition coefficient (Wildman–Crippen LogP) is 3.14. The van der Waals surface area contributed by atoms with Crippen LogP contribution in [-0.4, -0.2) is 26.0 Å². The third kappa shape index (κ3) is 2.26. The van der Waals surface area contributed by atoms with Gasteiger partial charge in [0.25, 0.3) is 0 Å². The summed E-state index contributed by atoms with van der Waals surface area (Å²) in [5.74, 6) is 4.65. The molecule has 2 aromatic rings. The number of aryl methyl sites for hydroxylation is 1. The molecule has 1 atom stereocenters. The normalized spacial score (nSPS) is 19.7. The van der Waals surface area contributed by atoms with Gasteiger partial charge in [-0.05, 0) is 42.4 Å². The lowest BCUT2D eigenvalue weighted by Gasteiger charge is -2.10. The van der Waals surface area contributed by atoms with Gasteiger partial charge in [-0.15, -0.1) is 0 Å². The van der Waals surface area contributed by atoms with Gasteiger partial charge in [-0.3, -0.25) is 0 Å². The molecule has 4 heteroatoms. The molecule has 3 nitrogen and oxygen atoms in total. The fourth-order valence-corrected chi connectivity index (χ4v) is 3.91. The Morgan fingerprint density at radius 1 is 1.50 bits per heavy atom. The number of rotatable bonds is 4. The van der Waals surface area contributed by atoms with Crippen molar-refractivity contribution in [2.75, 3.05) is 11.5 Å². The quantitative estimate of drug-likeness (QED) is 0.847. The fourth-order valence-electron chi connectivity index (χ4n) is 2.62. The van der Waals surface area contributed by atoms with Crippen molar-refractivity contribution >= 4 is 22.9 Å². The highest BCUT2D eigenvalue weighted by Crippen LogP contribution is 2.27. The SMILES string of the molecule is CCCn1c(CC2CCSC2)nc2cccnc21. The Bertz CT molecular complexity index is 529. The number of hydrogen-bond acceptors (Lipinski definition) is 3. The maximum atomic E-state index is 4.79. The number of pyridine rings is 1. The standard InChI is InChI=1S/C14H19N3S/c1-2-7-17-13(9-11-5-8-18-10-11)16-12-4-3-6-15-14(12)17/h3-4,6,11H,2,5,7-10H2,1H3. The van der Waals surface area contributed by atoms with Gasteiger partial charge in [0.1, 0.15) is 11.3 Å². The van der Waals surface area contributed by atoms with E-state index in [2.05, 4.69) is 34.3 Å². The molecule has 1 unspecified atom stereocenters. The van der Waals surface area contributed by atoms with E-state index in [1.807, 2.05) is 12.3 Å². The second-order valence-electron chi connectivity index (χ2n) is 4.96. The first-order chi connectivity index (χ1) is 8.88. The zero-order valence-electron chi connectivity index (χ0n) is 10.8. The summed E-state index contributed by atoms with van der Waals surface area (Å²) in [5.41, 5.74) is 2.10. The Morgan fingerprint density at radius 2 is 2.44 bits per heavy atom. The predicted molar refractivity (Wildman–Crippen MR) is 77.0 cm³/mol. The Hall–Kier alpha value is -1.03. The highest BCUT2D eigenvalue weighted by Gasteiger charge is 2.20. The average molecular weight is 261 g/mol. The van der Waals surface area contributed by atoms with Crippen LogP contribution in [0.2, 0.25) is 0 Å².